The van der Waals surface area contributed by atoms with E-state index in [0.717, 1.165) is 12.2 Å². The maximum Gasteiger partial charge on any atom is 0.105 e. The summed E-state index contributed by atoms with van der Waals surface area (Å²) in [6.07, 6.45) is 0.161. The van der Waals surface area contributed by atoms with Gasteiger partial charge in [-0.25, -0.2) is 0 Å². The number of hydrogen-bond donors (Lipinski definition) is 2. The number of anilines is 1. The highest BCUT2D eigenvalue weighted by Crippen LogP contribution is 2.20. The number of hydrogen-bond acceptors (Lipinski definition) is 3. The van der Waals surface area contributed by atoms with Gasteiger partial charge in [0, 0.05) is 24.4 Å². The summed E-state index contributed by atoms with van der Waals surface area (Å²) in [6, 6.07) is 5.53. The Morgan fingerprint density at radius 1 is 1.59 bits per heavy atom. The van der Waals surface area contributed by atoms with Crippen LogP contribution in [0.5, 0.6) is 0 Å². The van der Waals surface area contributed by atoms with E-state index in [-0.39, 0.29) is 6.10 Å². The Morgan fingerprint density at radius 3 is 2.82 bits per heavy atom. The summed E-state index contributed by atoms with van der Waals surface area (Å²) in [5, 5.41) is 3.80. The van der Waals surface area contributed by atoms with Crippen molar-refractivity contribution in [2.24, 2.45) is 5.73 Å². The molecule has 0 aliphatic carbocycles. The first kappa shape index (κ1) is 14.2. The number of nitrogens with one attached hydrogen (secondary N) is 1. The standard InChI is InChI=1S/C12H17ClN2OS/c1-3-16-8(2)7-15-9-4-5-10(12(14)17)11(13)6-9/h4-6,8,15H,3,7H2,1-2H3,(H2,14,17). The lowest BCUT2D eigenvalue weighted by molar-refractivity contribution is 0.0855. The van der Waals surface area contributed by atoms with Gasteiger partial charge in [0.1, 0.15) is 4.99 Å². The molecule has 0 saturated heterocycles. The predicted molar refractivity (Wildman–Crippen MR) is 76.9 cm³/mol. The van der Waals surface area contributed by atoms with Gasteiger partial charge in [0.25, 0.3) is 0 Å². The van der Waals surface area contributed by atoms with Crippen LogP contribution in [-0.2, 0) is 4.74 Å². The Balaban J connectivity index is 2.62. The van der Waals surface area contributed by atoms with Gasteiger partial charge in [-0.1, -0.05) is 23.8 Å². The molecule has 17 heavy (non-hydrogen) atoms. The van der Waals surface area contributed by atoms with Crippen molar-refractivity contribution in [1.82, 2.24) is 0 Å². The van der Waals surface area contributed by atoms with Crippen molar-refractivity contribution < 1.29 is 4.74 Å². The second-order valence-corrected chi connectivity index (χ2v) is 4.55. The van der Waals surface area contributed by atoms with Gasteiger partial charge in [0.15, 0.2) is 0 Å². The minimum Gasteiger partial charge on any atom is -0.389 e. The highest BCUT2D eigenvalue weighted by molar-refractivity contribution is 7.80. The van der Waals surface area contributed by atoms with Crippen LogP contribution < -0.4 is 11.1 Å². The summed E-state index contributed by atoms with van der Waals surface area (Å²) >= 11 is 10.9. The Hall–Kier alpha value is -0.840. The molecule has 0 aromatic heterocycles. The summed E-state index contributed by atoms with van der Waals surface area (Å²) in [5.74, 6) is 0. The number of nitrogens with two attached hydrogens (primary N) is 1. The molecule has 0 radical (unpaired) electrons. The molecule has 3 nitrogen and oxygen atoms in total. The molecule has 5 heteroatoms. The van der Waals surface area contributed by atoms with E-state index < -0.39 is 0 Å². The highest BCUT2D eigenvalue weighted by atomic mass is 35.5. The second kappa shape index (κ2) is 6.79. The third-order valence-corrected chi connectivity index (χ3v) is 2.81. The van der Waals surface area contributed by atoms with Crippen molar-refractivity contribution in [2.75, 3.05) is 18.5 Å². The number of benzene rings is 1. The lowest BCUT2D eigenvalue weighted by atomic mass is 10.2. The van der Waals surface area contributed by atoms with Crippen LogP contribution in [0.25, 0.3) is 0 Å². The van der Waals surface area contributed by atoms with E-state index >= 15 is 0 Å². The van der Waals surface area contributed by atoms with Gasteiger partial charge in [0.05, 0.1) is 11.1 Å². The molecule has 0 fully saturated rings. The summed E-state index contributed by atoms with van der Waals surface area (Å²) in [6.45, 7) is 5.44. The fourth-order valence-corrected chi connectivity index (χ4v) is 1.95. The zero-order valence-electron chi connectivity index (χ0n) is 10.00. The normalized spacial score (nSPS) is 12.2. The molecule has 1 aromatic rings. The molecule has 94 valence electrons. The lowest BCUT2D eigenvalue weighted by Gasteiger charge is -2.14. The van der Waals surface area contributed by atoms with Crippen LogP contribution in [0.15, 0.2) is 18.2 Å². The first-order chi connectivity index (χ1) is 8.04. The Bertz CT molecular complexity index is 398. The molecular formula is C12H17ClN2OS. The van der Waals surface area contributed by atoms with Crippen LogP contribution in [0.2, 0.25) is 5.02 Å². The van der Waals surface area contributed by atoms with Crippen LogP contribution in [0.1, 0.15) is 19.4 Å². The average molecular weight is 273 g/mol. The third-order valence-electron chi connectivity index (χ3n) is 2.28. The molecule has 1 unspecified atom stereocenters. The summed E-state index contributed by atoms with van der Waals surface area (Å²) in [5.41, 5.74) is 7.16. The molecule has 0 spiro atoms. The molecule has 1 atom stereocenters. The molecule has 1 aromatic carbocycles. The molecular weight excluding hydrogens is 256 g/mol. The molecule has 1 rings (SSSR count). The number of thiocarbonyl (C=S) groups is 1. The zero-order chi connectivity index (χ0) is 12.8. The quantitative estimate of drug-likeness (QED) is 0.782. The van der Waals surface area contributed by atoms with Crippen molar-refractivity contribution in [3.8, 4) is 0 Å². The smallest absolute Gasteiger partial charge is 0.105 e. The zero-order valence-corrected chi connectivity index (χ0v) is 11.6. The first-order valence-electron chi connectivity index (χ1n) is 5.49. The molecule has 0 heterocycles. The van der Waals surface area contributed by atoms with Crippen LogP contribution in [0, 0.1) is 0 Å². The van der Waals surface area contributed by atoms with E-state index in [2.05, 4.69) is 5.32 Å². The summed E-state index contributed by atoms with van der Waals surface area (Å²) in [4.78, 5) is 0.309. The van der Waals surface area contributed by atoms with Gasteiger partial charge in [-0.2, -0.15) is 0 Å². The minimum absolute atomic E-state index is 0.161. The topological polar surface area (TPSA) is 47.3 Å². The lowest BCUT2D eigenvalue weighted by Crippen LogP contribution is -2.19. The molecule has 0 saturated carbocycles. The maximum atomic E-state index is 6.06. The van der Waals surface area contributed by atoms with Gasteiger partial charge < -0.3 is 15.8 Å². The fraction of sp³-hybridized carbons (Fsp3) is 0.417. The van der Waals surface area contributed by atoms with E-state index in [1.54, 1.807) is 0 Å². The Kier molecular flexibility index (Phi) is 5.68. The van der Waals surface area contributed by atoms with Crippen molar-refractivity contribution in [1.29, 1.82) is 0 Å². The second-order valence-electron chi connectivity index (χ2n) is 3.71. The van der Waals surface area contributed by atoms with Gasteiger partial charge in [0.2, 0.25) is 0 Å². The van der Waals surface area contributed by atoms with Gasteiger partial charge >= 0.3 is 0 Å². The van der Waals surface area contributed by atoms with Crippen molar-refractivity contribution in [2.45, 2.75) is 20.0 Å². The molecule has 0 amide bonds. The van der Waals surface area contributed by atoms with E-state index in [1.807, 2.05) is 32.0 Å². The van der Waals surface area contributed by atoms with Crippen molar-refractivity contribution >= 4 is 34.5 Å². The molecule has 0 aliphatic rings. The highest BCUT2D eigenvalue weighted by Gasteiger charge is 2.05. The van der Waals surface area contributed by atoms with E-state index in [0.29, 0.717) is 22.2 Å². The minimum atomic E-state index is 0.161. The molecule has 0 bridgehead atoms. The van der Waals surface area contributed by atoms with Crippen molar-refractivity contribution in [3.63, 3.8) is 0 Å². The average Bonchev–Trinajstić information content (AvgIpc) is 2.26. The SMILES string of the molecule is CCOC(C)CNc1ccc(C(N)=S)c(Cl)c1. The summed E-state index contributed by atoms with van der Waals surface area (Å²) < 4.78 is 5.42. The molecule has 0 aliphatic heterocycles. The van der Waals surface area contributed by atoms with E-state index in [1.165, 1.54) is 0 Å². The van der Waals surface area contributed by atoms with Crippen LogP contribution in [-0.4, -0.2) is 24.2 Å². The number of rotatable bonds is 6. The van der Waals surface area contributed by atoms with Gasteiger partial charge in [-0.05, 0) is 32.0 Å². The predicted octanol–water partition coefficient (Wildman–Crippen LogP) is 2.81. The largest absolute Gasteiger partial charge is 0.389 e. The van der Waals surface area contributed by atoms with Crippen molar-refractivity contribution in [3.05, 3.63) is 28.8 Å². The third kappa shape index (κ3) is 4.50. The van der Waals surface area contributed by atoms with E-state index in [9.17, 15) is 0 Å². The Morgan fingerprint density at radius 2 is 2.29 bits per heavy atom. The summed E-state index contributed by atoms with van der Waals surface area (Å²) in [7, 11) is 0. The van der Waals surface area contributed by atoms with E-state index in [4.69, 9.17) is 34.3 Å². The van der Waals surface area contributed by atoms with Crippen LogP contribution in [0.3, 0.4) is 0 Å². The monoisotopic (exact) mass is 272 g/mol. The number of halogens is 1. The fourth-order valence-electron chi connectivity index (χ4n) is 1.43. The number of ether oxygens (including phenoxy) is 1. The van der Waals surface area contributed by atoms with Crippen LogP contribution >= 0.6 is 23.8 Å². The maximum absolute atomic E-state index is 6.06. The Labute approximate surface area is 112 Å². The van der Waals surface area contributed by atoms with Gasteiger partial charge in [-0.15, -0.1) is 0 Å². The molecule has 3 N–H and O–H groups in total. The van der Waals surface area contributed by atoms with Crippen LogP contribution in [0.4, 0.5) is 5.69 Å². The van der Waals surface area contributed by atoms with Gasteiger partial charge in [-0.3, -0.25) is 0 Å². The first-order valence-corrected chi connectivity index (χ1v) is 6.28.